The lowest BCUT2D eigenvalue weighted by atomic mass is 9.93. The van der Waals surface area contributed by atoms with Gasteiger partial charge in [0.15, 0.2) is 5.78 Å². The van der Waals surface area contributed by atoms with Crippen molar-refractivity contribution in [3.05, 3.63) is 118 Å². The molecule has 2 heterocycles. The Hall–Kier alpha value is -4.02. The second-order valence-corrected chi connectivity index (χ2v) is 8.19. The van der Waals surface area contributed by atoms with Gasteiger partial charge < -0.3 is 4.57 Å². The predicted molar refractivity (Wildman–Crippen MR) is 135 cm³/mol. The number of rotatable bonds is 4. The van der Waals surface area contributed by atoms with Gasteiger partial charge in [0.05, 0.1) is 16.6 Å². The quantitative estimate of drug-likeness (QED) is 0.238. The van der Waals surface area contributed by atoms with Crippen molar-refractivity contribution >= 4 is 45.3 Å². The van der Waals surface area contributed by atoms with Crippen molar-refractivity contribution in [2.45, 2.75) is 0 Å². The van der Waals surface area contributed by atoms with Crippen LogP contribution in [-0.4, -0.2) is 15.3 Å². The Labute approximate surface area is 195 Å². The van der Waals surface area contributed by atoms with Gasteiger partial charge in [-0.3, -0.25) is 14.6 Å². The number of aryl methyl sites for hydroxylation is 1. The van der Waals surface area contributed by atoms with Gasteiger partial charge in [0.25, 0.3) is 5.56 Å². The smallest absolute Gasteiger partial charge is 0.262 e. The molecule has 0 unspecified atom stereocenters. The van der Waals surface area contributed by atoms with Gasteiger partial charge >= 0.3 is 0 Å². The van der Waals surface area contributed by atoms with Crippen LogP contribution in [0.3, 0.4) is 0 Å². The molecule has 0 aliphatic rings. The highest BCUT2D eigenvalue weighted by molar-refractivity contribution is 6.31. The van der Waals surface area contributed by atoms with E-state index >= 15 is 0 Å². The van der Waals surface area contributed by atoms with Crippen molar-refractivity contribution < 1.29 is 4.79 Å². The topological polar surface area (TPSA) is 52.0 Å². The highest BCUT2D eigenvalue weighted by Crippen LogP contribution is 2.32. The molecule has 0 radical (unpaired) electrons. The van der Waals surface area contributed by atoms with Crippen molar-refractivity contribution in [3.8, 4) is 11.1 Å². The maximum Gasteiger partial charge on any atom is 0.262 e. The first kappa shape index (κ1) is 20.9. The van der Waals surface area contributed by atoms with Crippen LogP contribution in [0.25, 0.3) is 39.0 Å². The SMILES string of the molecule is Cn1c(=O)c(C(=O)C=Cc2cccc3ncccc23)c(-c2ccccc2)c2ccc(Cl)cc21. The minimum absolute atomic E-state index is 0.133. The largest absolute Gasteiger partial charge is 0.311 e. The van der Waals surface area contributed by atoms with Crippen molar-refractivity contribution in [2.24, 2.45) is 7.05 Å². The molecule has 5 aromatic rings. The fourth-order valence-corrected chi connectivity index (χ4v) is 4.33. The molecule has 0 fully saturated rings. The van der Waals surface area contributed by atoms with E-state index in [-0.39, 0.29) is 16.9 Å². The number of carbonyl (C=O) groups excluding carboxylic acids is 1. The lowest BCUT2D eigenvalue weighted by Crippen LogP contribution is -2.25. The number of halogens is 1. The Morgan fingerprint density at radius 3 is 2.58 bits per heavy atom. The van der Waals surface area contributed by atoms with E-state index in [4.69, 9.17) is 11.6 Å². The van der Waals surface area contributed by atoms with Crippen LogP contribution in [0.4, 0.5) is 0 Å². The molecular weight excluding hydrogens is 432 g/mol. The summed E-state index contributed by atoms with van der Waals surface area (Å²) in [6.07, 6.45) is 4.94. The third-order valence-electron chi connectivity index (χ3n) is 5.76. The van der Waals surface area contributed by atoms with E-state index in [1.54, 1.807) is 31.5 Å². The van der Waals surface area contributed by atoms with E-state index in [1.165, 1.54) is 10.6 Å². The van der Waals surface area contributed by atoms with E-state index < -0.39 is 0 Å². The first-order valence-corrected chi connectivity index (χ1v) is 10.9. The Morgan fingerprint density at radius 2 is 1.76 bits per heavy atom. The van der Waals surface area contributed by atoms with Crippen LogP contribution in [0.15, 0.2) is 95.9 Å². The standard InChI is InChI=1S/C28H19ClN2O2/c1-31-24-17-20(29)13-14-22(24)26(19-7-3-2-4-8-19)27(28(31)33)25(32)15-12-18-9-5-11-23-21(18)10-6-16-30-23/h2-17H,1H3. The zero-order valence-electron chi connectivity index (χ0n) is 17.8. The number of hydrogen-bond donors (Lipinski definition) is 0. The number of aromatic nitrogens is 2. The van der Waals surface area contributed by atoms with Gasteiger partial charge in [-0.15, -0.1) is 0 Å². The molecule has 5 heteroatoms. The average Bonchev–Trinajstić information content (AvgIpc) is 2.85. The molecule has 160 valence electrons. The number of carbonyl (C=O) groups is 1. The highest BCUT2D eigenvalue weighted by Gasteiger charge is 2.21. The van der Waals surface area contributed by atoms with E-state index in [0.717, 1.165) is 27.4 Å². The normalized spacial score (nSPS) is 11.5. The lowest BCUT2D eigenvalue weighted by Gasteiger charge is -2.15. The van der Waals surface area contributed by atoms with Gasteiger partial charge in [0, 0.05) is 34.6 Å². The number of nitrogens with zero attached hydrogens (tertiary/aromatic N) is 2. The summed E-state index contributed by atoms with van der Waals surface area (Å²) in [7, 11) is 1.66. The molecule has 0 bridgehead atoms. The van der Waals surface area contributed by atoms with Crippen molar-refractivity contribution in [1.82, 2.24) is 9.55 Å². The third kappa shape index (κ3) is 3.75. The molecule has 0 saturated carbocycles. The minimum Gasteiger partial charge on any atom is -0.311 e. The minimum atomic E-state index is -0.363. The Kier molecular flexibility index (Phi) is 5.37. The van der Waals surface area contributed by atoms with E-state index in [1.807, 2.05) is 66.7 Å². The van der Waals surface area contributed by atoms with E-state index in [9.17, 15) is 9.59 Å². The summed E-state index contributed by atoms with van der Waals surface area (Å²) in [6.45, 7) is 0. The summed E-state index contributed by atoms with van der Waals surface area (Å²) in [5.41, 5.74) is 3.56. The third-order valence-corrected chi connectivity index (χ3v) is 6.00. The summed E-state index contributed by atoms with van der Waals surface area (Å²) in [5.74, 6) is -0.354. The van der Waals surface area contributed by atoms with Crippen molar-refractivity contribution in [1.29, 1.82) is 0 Å². The number of ketones is 1. The zero-order valence-corrected chi connectivity index (χ0v) is 18.6. The molecular formula is C28H19ClN2O2. The van der Waals surface area contributed by atoms with Crippen LogP contribution in [0, 0.1) is 0 Å². The predicted octanol–water partition coefficient (Wildman–Crippen LogP) is 6.30. The fraction of sp³-hybridized carbons (Fsp3) is 0.0357. The first-order valence-electron chi connectivity index (χ1n) is 10.5. The molecule has 0 amide bonds. The van der Waals surface area contributed by atoms with Gasteiger partial charge in [-0.25, -0.2) is 0 Å². The summed E-state index contributed by atoms with van der Waals surface area (Å²) in [5, 5.41) is 2.26. The molecule has 0 N–H and O–H groups in total. The molecule has 2 aromatic heterocycles. The van der Waals surface area contributed by atoms with Crippen LogP contribution in [0.5, 0.6) is 0 Å². The number of allylic oxidation sites excluding steroid dienone is 1. The van der Waals surface area contributed by atoms with Crippen LogP contribution < -0.4 is 5.56 Å². The molecule has 0 aliphatic carbocycles. The number of hydrogen-bond acceptors (Lipinski definition) is 3. The monoisotopic (exact) mass is 450 g/mol. The Bertz CT molecular complexity index is 1610. The summed E-state index contributed by atoms with van der Waals surface area (Å²) >= 11 is 6.21. The van der Waals surface area contributed by atoms with Crippen LogP contribution in [0.2, 0.25) is 5.02 Å². The Balaban J connectivity index is 1.73. The number of pyridine rings is 2. The molecule has 0 aliphatic heterocycles. The molecule has 4 nitrogen and oxygen atoms in total. The summed E-state index contributed by atoms with van der Waals surface area (Å²) in [6, 6.07) is 24.4. The van der Waals surface area contributed by atoms with Crippen LogP contribution >= 0.6 is 11.6 Å². The van der Waals surface area contributed by atoms with Crippen LogP contribution in [-0.2, 0) is 7.05 Å². The Morgan fingerprint density at radius 1 is 0.939 bits per heavy atom. The molecule has 3 aromatic carbocycles. The highest BCUT2D eigenvalue weighted by atomic mass is 35.5. The zero-order chi connectivity index (χ0) is 22.9. The van der Waals surface area contributed by atoms with Crippen molar-refractivity contribution in [3.63, 3.8) is 0 Å². The average molecular weight is 451 g/mol. The molecule has 0 spiro atoms. The van der Waals surface area contributed by atoms with Crippen molar-refractivity contribution in [2.75, 3.05) is 0 Å². The first-order chi connectivity index (χ1) is 16.0. The maximum atomic E-state index is 13.5. The van der Waals surface area contributed by atoms with E-state index in [2.05, 4.69) is 4.98 Å². The fourth-order valence-electron chi connectivity index (χ4n) is 4.17. The lowest BCUT2D eigenvalue weighted by molar-refractivity contribution is 0.104. The van der Waals surface area contributed by atoms with Gasteiger partial charge in [-0.1, -0.05) is 72.3 Å². The summed E-state index contributed by atoms with van der Waals surface area (Å²) in [4.78, 5) is 31.3. The van der Waals surface area contributed by atoms with Gasteiger partial charge in [0.1, 0.15) is 0 Å². The summed E-state index contributed by atoms with van der Waals surface area (Å²) < 4.78 is 1.48. The number of fused-ring (bicyclic) bond motifs is 2. The molecule has 33 heavy (non-hydrogen) atoms. The van der Waals surface area contributed by atoms with Gasteiger partial charge in [-0.05, 0) is 41.5 Å². The number of benzene rings is 3. The second kappa shape index (κ2) is 8.49. The van der Waals surface area contributed by atoms with E-state index in [0.29, 0.717) is 16.1 Å². The molecule has 0 saturated heterocycles. The van der Waals surface area contributed by atoms with Gasteiger partial charge in [0.2, 0.25) is 0 Å². The molecule has 0 atom stereocenters. The van der Waals surface area contributed by atoms with Gasteiger partial charge in [-0.2, -0.15) is 0 Å². The maximum absolute atomic E-state index is 13.5. The second-order valence-electron chi connectivity index (χ2n) is 7.76. The molecule has 5 rings (SSSR count). The van der Waals surface area contributed by atoms with Crippen LogP contribution in [0.1, 0.15) is 15.9 Å².